The van der Waals surface area contributed by atoms with Crippen molar-refractivity contribution in [2.75, 3.05) is 17.2 Å². The van der Waals surface area contributed by atoms with E-state index in [1.54, 1.807) is 13.3 Å². The molecule has 6 rings (SSSR count). The van der Waals surface area contributed by atoms with E-state index in [9.17, 15) is 23.9 Å². The first-order valence-corrected chi connectivity index (χ1v) is 14.7. The number of imidazole rings is 1. The van der Waals surface area contributed by atoms with Gasteiger partial charge in [-0.1, -0.05) is 36.4 Å². The van der Waals surface area contributed by atoms with Crippen LogP contribution in [0.3, 0.4) is 0 Å². The third kappa shape index (κ3) is 6.33. The van der Waals surface area contributed by atoms with Crippen LogP contribution < -0.4 is 16.0 Å². The number of hydrogen-bond acceptors (Lipinski definition) is 8. The normalized spacial score (nSPS) is 22.2. The number of carbonyl (C=O) groups is 3. The number of nitrogens with zero attached hydrogens (tertiary/aromatic N) is 4. The van der Waals surface area contributed by atoms with Gasteiger partial charge in [0.25, 0.3) is 0 Å². The highest BCUT2D eigenvalue weighted by Crippen LogP contribution is 2.47. The number of nitrogens with one attached hydrogen (secondary N) is 3. The zero-order valence-electron chi connectivity index (χ0n) is 24.4. The predicted octanol–water partition coefficient (Wildman–Crippen LogP) is 4.14. The Kier molecular flexibility index (Phi) is 8.67. The fourth-order valence-electron chi connectivity index (χ4n) is 6.10. The fraction of sp³-hybridized carbons (Fsp3) is 0.355. The van der Waals surface area contributed by atoms with Crippen LogP contribution in [0.1, 0.15) is 48.1 Å². The van der Waals surface area contributed by atoms with E-state index in [-0.39, 0.29) is 35.4 Å². The molecule has 5 atom stereocenters. The number of amides is 3. The summed E-state index contributed by atoms with van der Waals surface area (Å²) in [5.74, 6) is -2.84. The fourth-order valence-corrected chi connectivity index (χ4v) is 6.10. The molecule has 2 aliphatic rings. The Morgan fingerprint density at radius 2 is 1.82 bits per heavy atom. The molecule has 4 unspecified atom stereocenters. The lowest BCUT2D eigenvalue weighted by Gasteiger charge is -2.20. The number of carboxylic acid groups (broad SMARTS) is 1. The van der Waals surface area contributed by atoms with Gasteiger partial charge in [0.2, 0.25) is 5.91 Å². The maximum Gasteiger partial charge on any atom is 0.337 e. The zero-order chi connectivity index (χ0) is 31.5. The monoisotopic (exact) mass is 617 g/mol. The molecule has 234 valence electrons. The molecule has 14 heteroatoms. The molecule has 1 aliphatic carbocycles. The van der Waals surface area contributed by atoms with E-state index in [1.807, 2.05) is 34.9 Å². The molecule has 4 N–H and O–H groups in total. The SMILES string of the molecule is CCNC(=O)Nc1ncnc2c1ncn2C1CC(CC(=O)Nc2c(F)cccc2C(=O)O)C2O[C@H](CCc3ccccc3)OC21. The molecule has 3 heterocycles. The summed E-state index contributed by atoms with van der Waals surface area (Å²) < 4.78 is 29.2. The molecular weight excluding hydrogens is 585 g/mol. The first-order valence-electron chi connectivity index (χ1n) is 14.7. The number of carboxylic acids is 1. The van der Waals surface area contributed by atoms with Crippen molar-refractivity contribution in [3.05, 3.63) is 78.1 Å². The summed E-state index contributed by atoms with van der Waals surface area (Å²) in [6.07, 6.45) is 3.16. The first kappa shape index (κ1) is 30.1. The van der Waals surface area contributed by atoms with Crippen molar-refractivity contribution in [3.63, 3.8) is 0 Å². The number of para-hydroxylation sites is 1. The molecule has 13 nitrogen and oxygen atoms in total. The summed E-state index contributed by atoms with van der Waals surface area (Å²) in [6, 6.07) is 12.8. The molecule has 0 bridgehead atoms. The minimum atomic E-state index is -1.35. The van der Waals surface area contributed by atoms with E-state index in [1.165, 1.54) is 18.5 Å². The van der Waals surface area contributed by atoms with Gasteiger partial charge >= 0.3 is 12.0 Å². The van der Waals surface area contributed by atoms with Crippen molar-refractivity contribution >= 4 is 40.6 Å². The van der Waals surface area contributed by atoms with Gasteiger partial charge in [0.1, 0.15) is 18.2 Å². The van der Waals surface area contributed by atoms with E-state index in [0.29, 0.717) is 30.6 Å². The minimum absolute atomic E-state index is 0.0641. The van der Waals surface area contributed by atoms with Crippen LogP contribution in [0.2, 0.25) is 0 Å². The molecule has 3 amide bonds. The summed E-state index contributed by atoms with van der Waals surface area (Å²) in [7, 11) is 0. The Morgan fingerprint density at radius 1 is 1.02 bits per heavy atom. The Balaban J connectivity index is 1.25. The second-order valence-electron chi connectivity index (χ2n) is 11.0. The van der Waals surface area contributed by atoms with E-state index >= 15 is 0 Å². The second kappa shape index (κ2) is 13.0. The molecule has 1 aliphatic heterocycles. The van der Waals surface area contributed by atoms with Crippen molar-refractivity contribution < 1.29 is 33.4 Å². The van der Waals surface area contributed by atoms with Crippen molar-refractivity contribution in [1.82, 2.24) is 24.8 Å². The average Bonchev–Trinajstić information content (AvgIpc) is 3.72. The third-order valence-electron chi connectivity index (χ3n) is 8.08. The molecule has 2 fully saturated rings. The molecule has 4 aromatic rings. The van der Waals surface area contributed by atoms with Crippen molar-refractivity contribution in [2.45, 2.75) is 57.1 Å². The Labute approximate surface area is 257 Å². The zero-order valence-corrected chi connectivity index (χ0v) is 24.4. The van der Waals surface area contributed by atoms with Gasteiger partial charge in [-0.05, 0) is 43.4 Å². The number of rotatable bonds is 10. The van der Waals surface area contributed by atoms with Crippen LogP contribution in [0.15, 0.2) is 61.2 Å². The van der Waals surface area contributed by atoms with Gasteiger partial charge in [-0.2, -0.15) is 0 Å². The van der Waals surface area contributed by atoms with Gasteiger partial charge in [0, 0.05) is 19.4 Å². The summed E-state index contributed by atoms with van der Waals surface area (Å²) in [4.78, 5) is 50.2. The maximum absolute atomic E-state index is 14.6. The Morgan fingerprint density at radius 3 is 2.60 bits per heavy atom. The molecule has 0 spiro atoms. The molecule has 2 aromatic carbocycles. The van der Waals surface area contributed by atoms with E-state index in [2.05, 4.69) is 30.9 Å². The van der Waals surface area contributed by atoms with Gasteiger partial charge in [0.05, 0.1) is 29.7 Å². The smallest absolute Gasteiger partial charge is 0.337 e. The third-order valence-corrected chi connectivity index (χ3v) is 8.08. The summed E-state index contributed by atoms with van der Waals surface area (Å²) in [5.41, 5.74) is 1.28. The number of benzene rings is 2. The molecule has 45 heavy (non-hydrogen) atoms. The largest absolute Gasteiger partial charge is 0.478 e. The number of carbonyl (C=O) groups excluding carboxylic acids is 2. The average molecular weight is 618 g/mol. The van der Waals surface area contributed by atoms with E-state index in [0.717, 1.165) is 18.1 Å². The van der Waals surface area contributed by atoms with Crippen molar-refractivity contribution in [3.8, 4) is 0 Å². The lowest BCUT2D eigenvalue weighted by Crippen LogP contribution is -2.29. The Hall–Kier alpha value is -4.95. The van der Waals surface area contributed by atoms with Crippen LogP contribution >= 0.6 is 0 Å². The molecule has 0 radical (unpaired) electrons. The van der Waals surface area contributed by atoms with E-state index < -0.39 is 42.2 Å². The van der Waals surface area contributed by atoms with Gasteiger partial charge in [-0.25, -0.2) is 28.9 Å². The van der Waals surface area contributed by atoms with Crippen LogP contribution in [0.4, 0.5) is 20.7 Å². The second-order valence-corrected chi connectivity index (χ2v) is 11.0. The number of aryl methyl sites for hydroxylation is 1. The lowest BCUT2D eigenvalue weighted by molar-refractivity contribution is -0.119. The number of ether oxygens (including phenoxy) is 2. The highest BCUT2D eigenvalue weighted by Gasteiger charge is 2.52. The maximum atomic E-state index is 14.6. The minimum Gasteiger partial charge on any atom is -0.478 e. The standard InChI is InChI=1S/C31H32FN7O6/c1-2-33-31(43)38-28-25-29(35-15-34-28)39(16-36-25)21-13-18(14-22(40)37-24-19(30(41)42)9-6-10-20(24)32)26-27(21)45-23(44-26)12-11-17-7-4-3-5-8-17/h3-10,15-16,18,21,23,26-27H,2,11-14H2,1H3,(H,37,40)(H,41,42)(H2,33,34,35,38,43)/t18?,21?,23-,26?,27?/m0/s1. The number of urea groups is 1. The van der Waals surface area contributed by atoms with E-state index in [4.69, 9.17) is 9.47 Å². The molecule has 1 saturated heterocycles. The van der Waals surface area contributed by atoms with Crippen molar-refractivity contribution in [2.24, 2.45) is 5.92 Å². The number of fused-ring (bicyclic) bond motifs is 2. The molecule has 1 saturated carbocycles. The van der Waals surface area contributed by atoms with Crippen LogP contribution in [0, 0.1) is 11.7 Å². The van der Waals surface area contributed by atoms with Gasteiger partial charge in [-0.3, -0.25) is 10.1 Å². The number of anilines is 2. The highest BCUT2D eigenvalue weighted by atomic mass is 19.1. The Bertz CT molecular complexity index is 1720. The van der Waals surface area contributed by atoms with Crippen LogP contribution in [-0.4, -0.2) is 67.6 Å². The topological polar surface area (TPSA) is 170 Å². The number of halogens is 1. The van der Waals surface area contributed by atoms with Gasteiger partial charge in [-0.15, -0.1) is 0 Å². The highest BCUT2D eigenvalue weighted by molar-refractivity contribution is 6.00. The van der Waals surface area contributed by atoms with Gasteiger partial charge in [0.15, 0.2) is 23.3 Å². The molecule has 2 aromatic heterocycles. The summed E-state index contributed by atoms with van der Waals surface area (Å²) in [5, 5.41) is 17.3. The van der Waals surface area contributed by atoms with Crippen LogP contribution in [-0.2, 0) is 20.7 Å². The van der Waals surface area contributed by atoms with Crippen molar-refractivity contribution in [1.29, 1.82) is 0 Å². The summed E-state index contributed by atoms with van der Waals surface area (Å²) in [6.45, 7) is 2.24. The number of aromatic nitrogens is 4. The van der Waals surface area contributed by atoms with Crippen LogP contribution in [0.25, 0.3) is 11.2 Å². The predicted molar refractivity (Wildman–Crippen MR) is 160 cm³/mol. The number of aromatic carboxylic acids is 1. The van der Waals surface area contributed by atoms with Crippen LogP contribution in [0.5, 0.6) is 0 Å². The number of hydrogen-bond donors (Lipinski definition) is 4. The molecular formula is C31H32FN7O6. The lowest BCUT2D eigenvalue weighted by atomic mass is 10.0. The van der Waals surface area contributed by atoms with Gasteiger partial charge < -0.3 is 29.8 Å². The quantitative estimate of drug-likeness (QED) is 0.204. The summed E-state index contributed by atoms with van der Waals surface area (Å²) >= 11 is 0. The first-order chi connectivity index (χ1) is 21.8.